The molecule has 0 aliphatic carbocycles. The molecular formula is C15H13ClN4O3. The van der Waals surface area contributed by atoms with Crippen LogP contribution in [0.15, 0.2) is 47.6 Å². The van der Waals surface area contributed by atoms with Crippen molar-refractivity contribution in [1.29, 1.82) is 0 Å². The third kappa shape index (κ3) is 4.52. The van der Waals surface area contributed by atoms with Crippen molar-refractivity contribution in [3.63, 3.8) is 0 Å². The molecular weight excluding hydrogens is 320 g/mol. The second-order valence-electron chi connectivity index (χ2n) is 4.59. The van der Waals surface area contributed by atoms with Gasteiger partial charge in [0.05, 0.1) is 11.1 Å². The van der Waals surface area contributed by atoms with Gasteiger partial charge in [-0.25, -0.2) is 10.2 Å². The summed E-state index contributed by atoms with van der Waals surface area (Å²) in [5.74, 6) is 0. The van der Waals surface area contributed by atoms with Gasteiger partial charge in [0.1, 0.15) is 0 Å². The molecule has 0 aliphatic rings. The van der Waals surface area contributed by atoms with Gasteiger partial charge in [0, 0.05) is 22.8 Å². The lowest BCUT2D eigenvalue weighted by molar-refractivity contribution is -0.384. The highest BCUT2D eigenvalue weighted by Gasteiger charge is 2.05. The van der Waals surface area contributed by atoms with Crippen LogP contribution in [-0.2, 0) is 0 Å². The number of carbonyl (C=O) groups excluding carboxylic acids is 1. The van der Waals surface area contributed by atoms with Crippen LogP contribution in [0, 0.1) is 17.0 Å². The summed E-state index contributed by atoms with van der Waals surface area (Å²) in [5, 5.41) is 17.5. The van der Waals surface area contributed by atoms with Crippen LogP contribution < -0.4 is 10.7 Å². The van der Waals surface area contributed by atoms with E-state index >= 15 is 0 Å². The first-order valence-electron chi connectivity index (χ1n) is 6.57. The van der Waals surface area contributed by atoms with Gasteiger partial charge in [-0.3, -0.25) is 10.1 Å². The number of nitro benzene ring substituents is 1. The number of non-ortho nitro benzene ring substituents is 1. The van der Waals surface area contributed by atoms with Gasteiger partial charge in [-0.05, 0) is 42.3 Å². The number of hydrazone groups is 1. The van der Waals surface area contributed by atoms with Crippen LogP contribution in [0.3, 0.4) is 0 Å². The average molecular weight is 333 g/mol. The van der Waals surface area contributed by atoms with E-state index in [4.69, 9.17) is 11.6 Å². The summed E-state index contributed by atoms with van der Waals surface area (Å²) >= 11 is 5.97. The number of amides is 2. The molecule has 8 heteroatoms. The van der Waals surface area contributed by atoms with E-state index < -0.39 is 11.0 Å². The van der Waals surface area contributed by atoms with Crippen LogP contribution >= 0.6 is 11.6 Å². The van der Waals surface area contributed by atoms with Crippen LogP contribution in [0.5, 0.6) is 0 Å². The average Bonchev–Trinajstić information content (AvgIpc) is 2.52. The van der Waals surface area contributed by atoms with Crippen LogP contribution in [0.4, 0.5) is 16.2 Å². The van der Waals surface area contributed by atoms with E-state index in [9.17, 15) is 14.9 Å². The zero-order valence-electron chi connectivity index (χ0n) is 12.1. The number of carbonyl (C=O) groups is 1. The van der Waals surface area contributed by atoms with Crippen molar-refractivity contribution in [2.24, 2.45) is 5.10 Å². The van der Waals surface area contributed by atoms with Gasteiger partial charge < -0.3 is 5.32 Å². The summed E-state index contributed by atoms with van der Waals surface area (Å²) < 4.78 is 0. The van der Waals surface area contributed by atoms with Crippen LogP contribution in [-0.4, -0.2) is 17.2 Å². The number of urea groups is 1. The van der Waals surface area contributed by atoms with E-state index in [0.717, 1.165) is 5.56 Å². The zero-order chi connectivity index (χ0) is 16.8. The maximum absolute atomic E-state index is 11.7. The van der Waals surface area contributed by atoms with Gasteiger partial charge in [-0.2, -0.15) is 5.10 Å². The summed E-state index contributed by atoms with van der Waals surface area (Å²) in [5.41, 5.74) is 4.25. The number of benzene rings is 2. The minimum absolute atomic E-state index is 0.00992. The van der Waals surface area contributed by atoms with Gasteiger partial charge in [-0.1, -0.05) is 17.7 Å². The van der Waals surface area contributed by atoms with E-state index in [1.54, 1.807) is 25.1 Å². The van der Waals surface area contributed by atoms with Crippen molar-refractivity contribution in [2.45, 2.75) is 6.92 Å². The molecule has 118 valence electrons. The van der Waals surface area contributed by atoms with Crippen molar-refractivity contribution in [3.8, 4) is 0 Å². The molecule has 0 aromatic heterocycles. The van der Waals surface area contributed by atoms with E-state index in [1.807, 2.05) is 0 Å². The SMILES string of the molecule is Cc1c(Cl)cccc1NC(=O)N/N=C\c1ccc([N+](=O)[O-])cc1. The molecule has 2 rings (SSSR count). The molecule has 0 bridgehead atoms. The first-order valence-corrected chi connectivity index (χ1v) is 6.95. The summed E-state index contributed by atoms with van der Waals surface area (Å²) in [7, 11) is 0. The maximum Gasteiger partial charge on any atom is 0.339 e. The molecule has 2 amide bonds. The number of halogens is 1. The van der Waals surface area contributed by atoms with Crippen molar-refractivity contribution in [2.75, 3.05) is 5.32 Å². The number of hydrogen-bond donors (Lipinski definition) is 2. The Hall–Kier alpha value is -2.93. The number of nitrogens with zero attached hydrogens (tertiary/aromatic N) is 2. The van der Waals surface area contributed by atoms with Crippen LogP contribution in [0.2, 0.25) is 5.02 Å². The zero-order valence-corrected chi connectivity index (χ0v) is 12.9. The van der Waals surface area contributed by atoms with E-state index in [2.05, 4.69) is 15.8 Å². The molecule has 2 N–H and O–H groups in total. The normalized spacial score (nSPS) is 10.5. The van der Waals surface area contributed by atoms with Crippen molar-refractivity contribution < 1.29 is 9.72 Å². The molecule has 7 nitrogen and oxygen atoms in total. The Morgan fingerprint density at radius 2 is 1.96 bits per heavy atom. The molecule has 0 heterocycles. The summed E-state index contributed by atoms with van der Waals surface area (Å²) in [6.07, 6.45) is 1.38. The lowest BCUT2D eigenvalue weighted by atomic mass is 10.2. The minimum Gasteiger partial charge on any atom is -0.306 e. The summed E-state index contributed by atoms with van der Waals surface area (Å²) in [4.78, 5) is 21.8. The molecule has 0 saturated heterocycles. The fraction of sp³-hybridized carbons (Fsp3) is 0.0667. The molecule has 0 radical (unpaired) electrons. The van der Waals surface area contributed by atoms with Gasteiger partial charge in [0.25, 0.3) is 5.69 Å². The molecule has 0 atom stereocenters. The Balaban J connectivity index is 1.93. The molecule has 0 saturated carbocycles. The number of hydrogen-bond acceptors (Lipinski definition) is 4. The third-order valence-electron chi connectivity index (χ3n) is 3.00. The standard InChI is InChI=1S/C15H13ClN4O3/c1-10-13(16)3-2-4-14(10)18-15(21)19-17-9-11-5-7-12(8-6-11)20(22)23/h2-9H,1H3,(H2,18,19,21)/b17-9-. The molecule has 0 unspecified atom stereocenters. The topological polar surface area (TPSA) is 96.6 Å². The molecule has 2 aromatic rings. The van der Waals surface area contributed by atoms with Crippen LogP contribution in [0.25, 0.3) is 0 Å². The predicted octanol–water partition coefficient (Wildman–Crippen LogP) is 3.71. The quantitative estimate of drug-likeness (QED) is 0.507. The molecule has 2 aromatic carbocycles. The lowest BCUT2D eigenvalue weighted by Gasteiger charge is -2.08. The lowest BCUT2D eigenvalue weighted by Crippen LogP contribution is -2.24. The highest BCUT2D eigenvalue weighted by molar-refractivity contribution is 6.31. The Labute approximate surface area is 137 Å². The first kappa shape index (κ1) is 16.4. The smallest absolute Gasteiger partial charge is 0.306 e. The number of nitrogens with one attached hydrogen (secondary N) is 2. The third-order valence-corrected chi connectivity index (χ3v) is 3.41. The number of anilines is 1. The van der Waals surface area contributed by atoms with E-state index in [-0.39, 0.29) is 5.69 Å². The maximum atomic E-state index is 11.7. The second kappa shape index (κ2) is 7.37. The molecule has 23 heavy (non-hydrogen) atoms. The summed E-state index contributed by atoms with van der Waals surface area (Å²) in [6, 6.07) is 10.4. The minimum atomic E-state index is -0.520. The Kier molecular flexibility index (Phi) is 5.27. The van der Waals surface area contributed by atoms with Gasteiger partial charge in [0.2, 0.25) is 0 Å². The highest BCUT2D eigenvalue weighted by atomic mass is 35.5. The Morgan fingerprint density at radius 3 is 2.61 bits per heavy atom. The second-order valence-corrected chi connectivity index (χ2v) is 4.99. The number of rotatable bonds is 4. The van der Waals surface area contributed by atoms with E-state index in [0.29, 0.717) is 16.3 Å². The highest BCUT2D eigenvalue weighted by Crippen LogP contribution is 2.22. The van der Waals surface area contributed by atoms with Gasteiger partial charge >= 0.3 is 6.03 Å². The molecule has 0 fully saturated rings. The first-order chi connectivity index (χ1) is 11.0. The fourth-order valence-corrected chi connectivity index (χ4v) is 1.92. The van der Waals surface area contributed by atoms with Gasteiger partial charge in [0.15, 0.2) is 0 Å². The molecule has 0 aliphatic heterocycles. The van der Waals surface area contributed by atoms with Gasteiger partial charge in [-0.15, -0.1) is 0 Å². The largest absolute Gasteiger partial charge is 0.339 e. The van der Waals surface area contributed by atoms with Crippen molar-refractivity contribution >= 4 is 35.2 Å². The Bertz CT molecular complexity index is 760. The molecule has 0 spiro atoms. The van der Waals surface area contributed by atoms with Crippen molar-refractivity contribution in [1.82, 2.24) is 5.43 Å². The van der Waals surface area contributed by atoms with E-state index in [1.165, 1.54) is 30.5 Å². The fourth-order valence-electron chi connectivity index (χ4n) is 1.74. The monoisotopic (exact) mass is 332 g/mol. The predicted molar refractivity (Wildman–Crippen MR) is 89.0 cm³/mol. The number of nitro groups is 1. The Morgan fingerprint density at radius 1 is 1.26 bits per heavy atom. The van der Waals surface area contributed by atoms with Crippen molar-refractivity contribution in [3.05, 3.63) is 68.7 Å². The summed E-state index contributed by atoms with van der Waals surface area (Å²) in [6.45, 7) is 1.79. The van der Waals surface area contributed by atoms with Crippen LogP contribution in [0.1, 0.15) is 11.1 Å².